The Bertz CT molecular complexity index is 1170. The number of carbonyl (C=O) groups is 3. The quantitative estimate of drug-likeness (QED) is 0.163. The highest BCUT2D eigenvalue weighted by molar-refractivity contribution is 6.31. The second kappa shape index (κ2) is 24.1. The third-order valence-corrected chi connectivity index (χ3v) is 9.42. The van der Waals surface area contributed by atoms with Gasteiger partial charge in [0.25, 0.3) is 5.91 Å². The van der Waals surface area contributed by atoms with Crippen molar-refractivity contribution in [1.82, 2.24) is 25.8 Å². The lowest BCUT2D eigenvalue weighted by Crippen LogP contribution is -2.50. The first-order chi connectivity index (χ1) is 22.9. The summed E-state index contributed by atoms with van der Waals surface area (Å²) in [5, 5.41) is 9.19. The standard InChI is InChI=1S/C32H48ClN5O3.C5H12.C2H2/c1-5-8-27(33)16-15-25-9-6-7-10-29(25)36-30(39)21-34-31(40)23(2)35-32(41)26-13-11-24(12-14-26)22-38(4)28-17-19-37(3)20-18-28;1-4-5(2)3;1-2/h5,8,11-14,16,23,25,28-29H,6-7,9-10,15,17-22H2,1-4H3,(H,34,40)(H,35,41)(H,36,39);5H,4H2,1-3H3;1-2H/b8-5-,27-16+;;/t23?,25?,29-;;/m1../s1. The fourth-order valence-corrected chi connectivity index (χ4v) is 5.92. The zero-order valence-corrected chi connectivity index (χ0v) is 31.3. The maximum Gasteiger partial charge on any atom is 0.251 e. The molecule has 1 heterocycles. The van der Waals surface area contributed by atoms with Crippen LogP contribution >= 0.6 is 11.6 Å². The summed E-state index contributed by atoms with van der Waals surface area (Å²) in [7, 11) is 4.32. The van der Waals surface area contributed by atoms with E-state index < -0.39 is 11.9 Å². The molecule has 2 unspecified atom stereocenters. The third-order valence-electron chi connectivity index (χ3n) is 9.14. The fourth-order valence-electron chi connectivity index (χ4n) is 5.71. The smallest absolute Gasteiger partial charge is 0.251 e. The van der Waals surface area contributed by atoms with Crippen molar-refractivity contribution in [2.45, 2.75) is 111 Å². The molecular formula is C39H62ClN5O3. The Morgan fingerprint density at radius 2 is 1.65 bits per heavy atom. The van der Waals surface area contributed by atoms with Crippen LogP contribution < -0.4 is 16.0 Å². The highest BCUT2D eigenvalue weighted by atomic mass is 35.5. The summed E-state index contributed by atoms with van der Waals surface area (Å²) >= 11 is 6.20. The Morgan fingerprint density at radius 1 is 1.04 bits per heavy atom. The van der Waals surface area contributed by atoms with Crippen LogP contribution in [0.3, 0.4) is 0 Å². The SMILES string of the molecule is C#C.C/C=C\C(Cl)=C/CC1CCCC[C@H]1NC(=O)CNC(=O)C(C)NC(=O)c1ccc(CN(C)C2CCN(C)CC2)cc1.CCC(C)C. The molecule has 268 valence electrons. The van der Waals surface area contributed by atoms with Crippen LogP contribution in [0.25, 0.3) is 0 Å². The number of terminal acetylenes is 1. The minimum atomic E-state index is -0.771. The van der Waals surface area contributed by atoms with Crippen LogP contribution in [-0.4, -0.2) is 79.4 Å². The Balaban J connectivity index is 0.00000150. The van der Waals surface area contributed by atoms with Gasteiger partial charge < -0.3 is 20.9 Å². The van der Waals surface area contributed by atoms with E-state index in [1.54, 1.807) is 19.1 Å². The summed E-state index contributed by atoms with van der Waals surface area (Å²) in [5.74, 6) is 0.267. The second-order valence-corrected chi connectivity index (χ2v) is 13.8. The number of hydrogen-bond donors (Lipinski definition) is 3. The number of likely N-dealkylation sites (tertiary alicyclic amines) is 1. The van der Waals surface area contributed by atoms with Crippen molar-refractivity contribution in [2.75, 3.05) is 33.7 Å². The maximum atomic E-state index is 12.8. The number of carbonyl (C=O) groups excluding carboxylic acids is 3. The van der Waals surface area contributed by atoms with E-state index in [0.717, 1.165) is 63.2 Å². The first-order valence-corrected chi connectivity index (χ1v) is 18.0. The van der Waals surface area contributed by atoms with Crippen LogP contribution in [0.2, 0.25) is 0 Å². The molecule has 1 aliphatic carbocycles. The van der Waals surface area contributed by atoms with E-state index in [0.29, 0.717) is 22.6 Å². The minimum Gasteiger partial charge on any atom is -0.352 e. The normalized spacial score (nSPS) is 19.5. The van der Waals surface area contributed by atoms with Crippen LogP contribution in [-0.2, 0) is 16.1 Å². The number of nitrogens with zero attached hydrogens (tertiary/aromatic N) is 2. The predicted octanol–water partition coefficient (Wildman–Crippen LogP) is 6.51. The van der Waals surface area contributed by atoms with Gasteiger partial charge in [-0.05, 0) is 109 Å². The highest BCUT2D eigenvalue weighted by Gasteiger charge is 2.26. The van der Waals surface area contributed by atoms with Crippen molar-refractivity contribution in [1.29, 1.82) is 0 Å². The zero-order chi connectivity index (χ0) is 36.1. The lowest BCUT2D eigenvalue weighted by molar-refractivity contribution is -0.127. The van der Waals surface area contributed by atoms with Gasteiger partial charge in [-0.1, -0.05) is 75.9 Å². The third kappa shape index (κ3) is 16.8. The zero-order valence-electron chi connectivity index (χ0n) is 30.6. The van der Waals surface area contributed by atoms with E-state index >= 15 is 0 Å². The molecule has 3 rings (SSSR count). The summed E-state index contributed by atoms with van der Waals surface area (Å²) in [6, 6.07) is 7.40. The molecule has 0 bridgehead atoms. The molecule has 3 atom stereocenters. The fraction of sp³-hybridized carbons (Fsp3) is 0.615. The molecule has 1 saturated heterocycles. The van der Waals surface area contributed by atoms with E-state index in [1.807, 2.05) is 37.3 Å². The monoisotopic (exact) mass is 683 g/mol. The lowest BCUT2D eigenvalue weighted by Gasteiger charge is -2.35. The van der Waals surface area contributed by atoms with Crippen LogP contribution in [0, 0.1) is 24.7 Å². The minimum absolute atomic E-state index is 0.0590. The van der Waals surface area contributed by atoms with Gasteiger partial charge in [-0.25, -0.2) is 0 Å². The van der Waals surface area contributed by atoms with Gasteiger partial charge in [0.1, 0.15) is 6.04 Å². The number of hydrogen-bond acceptors (Lipinski definition) is 5. The number of allylic oxidation sites excluding steroid dienone is 4. The molecule has 2 fully saturated rings. The maximum absolute atomic E-state index is 12.8. The summed E-state index contributed by atoms with van der Waals surface area (Å²) in [6.07, 6.45) is 22.4. The molecule has 2 aliphatic rings. The van der Waals surface area contributed by atoms with Crippen LogP contribution in [0.1, 0.15) is 102 Å². The Labute approximate surface area is 296 Å². The molecule has 1 aromatic rings. The summed E-state index contributed by atoms with van der Waals surface area (Å²) in [5.41, 5.74) is 1.65. The average Bonchev–Trinajstić information content (AvgIpc) is 3.08. The van der Waals surface area contributed by atoms with Gasteiger partial charge in [0.05, 0.1) is 6.54 Å². The molecule has 0 spiro atoms. The number of piperidine rings is 1. The number of nitrogens with one attached hydrogen (secondary N) is 3. The molecule has 1 aliphatic heterocycles. The summed E-state index contributed by atoms with van der Waals surface area (Å²) < 4.78 is 0. The summed E-state index contributed by atoms with van der Waals surface area (Å²) in [4.78, 5) is 42.7. The van der Waals surface area contributed by atoms with Gasteiger partial charge >= 0.3 is 0 Å². The number of rotatable bonds is 13. The van der Waals surface area contributed by atoms with E-state index in [1.165, 1.54) is 19.3 Å². The van der Waals surface area contributed by atoms with Gasteiger partial charge in [0, 0.05) is 29.2 Å². The van der Waals surface area contributed by atoms with Crippen molar-refractivity contribution in [3.63, 3.8) is 0 Å². The molecule has 9 heteroatoms. The molecule has 1 saturated carbocycles. The average molecular weight is 684 g/mol. The van der Waals surface area contributed by atoms with Crippen LogP contribution in [0.4, 0.5) is 0 Å². The molecule has 3 amide bonds. The molecule has 0 radical (unpaired) electrons. The van der Waals surface area contributed by atoms with E-state index in [9.17, 15) is 14.4 Å². The first-order valence-electron chi connectivity index (χ1n) is 17.6. The van der Waals surface area contributed by atoms with Crippen LogP contribution in [0.5, 0.6) is 0 Å². The number of benzene rings is 1. The predicted molar refractivity (Wildman–Crippen MR) is 201 cm³/mol. The Hall–Kier alpha value is -3.12. The van der Waals surface area contributed by atoms with E-state index in [4.69, 9.17) is 11.6 Å². The largest absolute Gasteiger partial charge is 0.352 e. The van der Waals surface area contributed by atoms with Crippen molar-refractivity contribution < 1.29 is 14.4 Å². The lowest BCUT2D eigenvalue weighted by atomic mass is 9.82. The van der Waals surface area contributed by atoms with Crippen molar-refractivity contribution in [3.8, 4) is 12.8 Å². The van der Waals surface area contributed by atoms with Crippen molar-refractivity contribution in [2.24, 2.45) is 11.8 Å². The van der Waals surface area contributed by atoms with Crippen molar-refractivity contribution in [3.05, 3.63) is 58.7 Å². The highest BCUT2D eigenvalue weighted by Crippen LogP contribution is 2.28. The molecule has 0 aromatic heterocycles. The molecule has 1 aromatic carbocycles. The van der Waals surface area contributed by atoms with Gasteiger partial charge in [-0.15, -0.1) is 12.8 Å². The van der Waals surface area contributed by atoms with Gasteiger partial charge in [-0.2, -0.15) is 0 Å². The van der Waals surface area contributed by atoms with E-state index in [-0.39, 0.29) is 24.4 Å². The second-order valence-electron chi connectivity index (χ2n) is 13.4. The molecule has 48 heavy (non-hydrogen) atoms. The molecule has 8 nitrogen and oxygen atoms in total. The number of amides is 3. The van der Waals surface area contributed by atoms with Crippen molar-refractivity contribution >= 4 is 29.3 Å². The van der Waals surface area contributed by atoms with Crippen LogP contribution in [0.15, 0.2) is 47.5 Å². The van der Waals surface area contributed by atoms with E-state index in [2.05, 4.69) is 73.5 Å². The Kier molecular flexibility index (Phi) is 21.5. The summed E-state index contributed by atoms with van der Waals surface area (Å²) in [6.45, 7) is 13.1. The number of halogens is 1. The Morgan fingerprint density at radius 3 is 2.23 bits per heavy atom. The molecule has 3 N–H and O–H groups in total. The van der Waals surface area contributed by atoms with Gasteiger partial charge in [0.2, 0.25) is 11.8 Å². The van der Waals surface area contributed by atoms with Gasteiger partial charge in [0.15, 0.2) is 0 Å². The molecular weight excluding hydrogens is 622 g/mol. The topological polar surface area (TPSA) is 93.8 Å². The van der Waals surface area contributed by atoms with Gasteiger partial charge in [-0.3, -0.25) is 19.3 Å². The first kappa shape index (κ1) is 42.9.